The second-order valence-corrected chi connectivity index (χ2v) is 8.89. The third-order valence-electron chi connectivity index (χ3n) is 4.02. The summed E-state index contributed by atoms with van der Waals surface area (Å²) in [7, 11) is -4.01. The van der Waals surface area contributed by atoms with Crippen molar-refractivity contribution in [2.75, 3.05) is 5.32 Å². The number of nitrogens with one attached hydrogen (secondary N) is 1. The number of halogens is 1. The van der Waals surface area contributed by atoms with Gasteiger partial charge in [-0.25, -0.2) is 12.8 Å². The highest BCUT2D eigenvalue weighted by Gasteiger charge is 2.29. The summed E-state index contributed by atoms with van der Waals surface area (Å²) in [6.45, 7) is 1.96. The van der Waals surface area contributed by atoms with Crippen molar-refractivity contribution in [2.45, 2.75) is 16.8 Å². The van der Waals surface area contributed by atoms with Gasteiger partial charge in [0.1, 0.15) is 5.82 Å². The van der Waals surface area contributed by atoms with E-state index in [-0.39, 0.29) is 21.7 Å². The van der Waals surface area contributed by atoms with Crippen LogP contribution >= 0.6 is 11.3 Å². The van der Waals surface area contributed by atoms with Crippen LogP contribution in [-0.4, -0.2) is 13.4 Å². The summed E-state index contributed by atoms with van der Waals surface area (Å²) in [5, 5.41) is 4.59. The quantitative estimate of drug-likeness (QED) is 0.441. The van der Waals surface area contributed by atoms with Crippen LogP contribution in [0.3, 0.4) is 0 Å². The summed E-state index contributed by atoms with van der Waals surface area (Å²) >= 11 is 1.39. The number of thiophene rings is 1. The van der Waals surface area contributed by atoms with E-state index < -0.39 is 15.7 Å². The van der Waals surface area contributed by atoms with Gasteiger partial charge in [-0.05, 0) is 54.8 Å². The topological polar surface area (TPSA) is 72.2 Å². The SMILES string of the molecule is Cc1ccc(Nc2oc(-c3cccs3)nc2S(=O)(=O)c2ccc(F)cc2)cc1. The summed E-state index contributed by atoms with van der Waals surface area (Å²) in [5.41, 5.74) is 1.73. The minimum atomic E-state index is -4.01. The Bertz CT molecular complexity index is 1200. The van der Waals surface area contributed by atoms with Crippen LogP contribution in [0.4, 0.5) is 16.0 Å². The average molecular weight is 414 g/mol. The highest BCUT2D eigenvalue weighted by Crippen LogP contribution is 2.35. The van der Waals surface area contributed by atoms with E-state index >= 15 is 0 Å². The predicted octanol–water partition coefficient (Wildman–Crippen LogP) is 5.43. The fourth-order valence-corrected chi connectivity index (χ4v) is 4.47. The second-order valence-electron chi connectivity index (χ2n) is 6.08. The molecule has 0 saturated heterocycles. The lowest BCUT2D eigenvalue weighted by Gasteiger charge is -2.06. The summed E-state index contributed by atoms with van der Waals surface area (Å²) in [6.07, 6.45) is 0. The van der Waals surface area contributed by atoms with Crippen LogP contribution < -0.4 is 5.32 Å². The monoisotopic (exact) mass is 414 g/mol. The van der Waals surface area contributed by atoms with E-state index in [1.165, 1.54) is 23.5 Å². The fourth-order valence-electron chi connectivity index (χ4n) is 2.57. The molecule has 4 aromatic rings. The molecule has 2 aromatic carbocycles. The van der Waals surface area contributed by atoms with Gasteiger partial charge in [-0.15, -0.1) is 11.3 Å². The highest BCUT2D eigenvalue weighted by atomic mass is 32.2. The molecular weight excluding hydrogens is 399 g/mol. The Kier molecular flexibility index (Phi) is 4.74. The summed E-state index contributed by atoms with van der Waals surface area (Å²) in [4.78, 5) is 4.87. The van der Waals surface area contributed by atoms with Crippen LogP contribution in [0.2, 0.25) is 0 Å². The molecule has 2 aromatic heterocycles. The minimum Gasteiger partial charge on any atom is -0.418 e. The predicted molar refractivity (Wildman–Crippen MR) is 106 cm³/mol. The molecule has 0 aliphatic rings. The Hall–Kier alpha value is -2.97. The lowest BCUT2D eigenvalue weighted by molar-refractivity contribution is 0.582. The molecule has 0 radical (unpaired) electrons. The maximum Gasteiger partial charge on any atom is 0.240 e. The molecule has 28 heavy (non-hydrogen) atoms. The van der Waals surface area contributed by atoms with Gasteiger partial charge in [0, 0.05) is 5.69 Å². The average Bonchev–Trinajstić information content (AvgIpc) is 3.34. The largest absolute Gasteiger partial charge is 0.418 e. The summed E-state index contributed by atoms with van der Waals surface area (Å²) in [6, 6.07) is 15.7. The molecule has 5 nitrogen and oxygen atoms in total. The van der Waals surface area contributed by atoms with Crippen molar-refractivity contribution in [2.24, 2.45) is 0 Å². The number of benzene rings is 2. The maximum atomic E-state index is 13.2. The van der Waals surface area contributed by atoms with E-state index in [9.17, 15) is 12.8 Å². The van der Waals surface area contributed by atoms with Crippen molar-refractivity contribution in [3.8, 4) is 10.8 Å². The second kappa shape index (κ2) is 7.21. The molecule has 4 rings (SSSR count). The third kappa shape index (κ3) is 3.56. The van der Waals surface area contributed by atoms with Gasteiger partial charge in [0.15, 0.2) is 0 Å². The first-order valence-electron chi connectivity index (χ1n) is 8.32. The standard InChI is InChI=1S/C20H15FN2O3S2/c1-13-4-8-15(9-5-13)22-19-20(23-18(26-19)17-3-2-12-27-17)28(24,25)16-10-6-14(21)7-11-16/h2-12,22H,1H3. The van der Waals surface area contributed by atoms with Gasteiger partial charge < -0.3 is 9.73 Å². The van der Waals surface area contributed by atoms with Gasteiger partial charge >= 0.3 is 0 Å². The van der Waals surface area contributed by atoms with Crippen molar-refractivity contribution in [3.63, 3.8) is 0 Å². The number of nitrogens with zero attached hydrogens (tertiary/aromatic N) is 1. The van der Waals surface area contributed by atoms with Gasteiger partial charge in [0.2, 0.25) is 26.6 Å². The number of hydrogen-bond donors (Lipinski definition) is 1. The zero-order chi connectivity index (χ0) is 19.7. The first kappa shape index (κ1) is 18.4. The first-order valence-corrected chi connectivity index (χ1v) is 10.7. The molecule has 0 atom stereocenters. The Labute approximate surface area is 165 Å². The van der Waals surface area contributed by atoms with E-state index in [1.54, 1.807) is 6.07 Å². The van der Waals surface area contributed by atoms with Crippen molar-refractivity contribution in [3.05, 3.63) is 77.4 Å². The van der Waals surface area contributed by atoms with Gasteiger partial charge in [-0.3, -0.25) is 0 Å². The van der Waals surface area contributed by atoms with Gasteiger partial charge in [0.25, 0.3) is 0 Å². The molecular formula is C20H15FN2O3S2. The number of aryl methyl sites for hydroxylation is 1. The number of oxazole rings is 1. The van der Waals surface area contributed by atoms with E-state index in [4.69, 9.17) is 4.42 Å². The zero-order valence-electron chi connectivity index (χ0n) is 14.7. The molecule has 0 aliphatic carbocycles. The number of anilines is 2. The van der Waals surface area contributed by atoms with Crippen molar-refractivity contribution in [1.29, 1.82) is 0 Å². The van der Waals surface area contributed by atoms with E-state index in [0.717, 1.165) is 17.7 Å². The van der Waals surface area contributed by atoms with Crippen molar-refractivity contribution >= 4 is 32.7 Å². The first-order chi connectivity index (χ1) is 13.4. The molecule has 0 amide bonds. The molecule has 0 spiro atoms. The lowest BCUT2D eigenvalue weighted by Crippen LogP contribution is -2.05. The molecule has 2 heterocycles. The molecule has 0 fully saturated rings. The van der Waals surface area contributed by atoms with E-state index in [2.05, 4.69) is 10.3 Å². The van der Waals surface area contributed by atoms with E-state index in [0.29, 0.717) is 10.6 Å². The smallest absolute Gasteiger partial charge is 0.240 e. The van der Waals surface area contributed by atoms with Crippen LogP contribution in [0.5, 0.6) is 0 Å². The minimum absolute atomic E-state index is 0.0107. The Morgan fingerprint density at radius 3 is 2.39 bits per heavy atom. The molecule has 8 heteroatoms. The molecule has 142 valence electrons. The normalized spacial score (nSPS) is 11.5. The van der Waals surface area contributed by atoms with Crippen LogP contribution in [-0.2, 0) is 9.84 Å². The van der Waals surface area contributed by atoms with Crippen molar-refractivity contribution < 1.29 is 17.2 Å². The summed E-state index contributed by atoms with van der Waals surface area (Å²) in [5.74, 6) is -0.307. The lowest BCUT2D eigenvalue weighted by atomic mass is 10.2. The fraction of sp³-hybridized carbons (Fsp3) is 0.0500. The number of sulfone groups is 1. The number of hydrogen-bond acceptors (Lipinski definition) is 6. The Morgan fingerprint density at radius 1 is 1.04 bits per heavy atom. The molecule has 0 aliphatic heterocycles. The van der Waals surface area contributed by atoms with Gasteiger partial charge in [-0.1, -0.05) is 23.8 Å². The summed E-state index contributed by atoms with van der Waals surface area (Å²) < 4.78 is 45.2. The molecule has 0 unspecified atom stereocenters. The third-order valence-corrected chi connectivity index (χ3v) is 6.55. The Balaban J connectivity index is 1.82. The van der Waals surface area contributed by atoms with Crippen LogP contribution in [0, 0.1) is 12.7 Å². The van der Waals surface area contributed by atoms with Gasteiger partial charge in [-0.2, -0.15) is 4.98 Å². The molecule has 1 N–H and O–H groups in total. The number of rotatable bonds is 5. The van der Waals surface area contributed by atoms with Crippen molar-refractivity contribution in [1.82, 2.24) is 4.98 Å². The zero-order valence-corrected chi connectivity index (χ0v) is 16.4. The number of aromatic nitrogens is 1. The van der Waals surface area contributed by atoms with Crippen LogP contribution in [0.15, 0.2) is 80.4 Å². The van der Waals surface area contributed by atoms with Crippen LogP contribution in [0.1, 0.15) is 5.56 Å². The van der Waals surface area contributed by atoms with Gasteiger partial charge in [0.05, 0.1) is 9.77 Å². The molecule has 0 bridgehead atoms. The van der Waals surface area contributed by atoms with E-state index in [1.807, 2.05) is 42.6 Å². The Morgan fingerprint density at radius 2 is 1.75 bits per heavy atom. The highest BCUT2D eigenvalue weighted by molar-refractivity contribution is 7.91. The maximum absolute atomic E-state index is 13.2. The van der Waals surface area contributed by atoms with Crippen LogP contribution in [0.25, 0.3) is 10.8 Å². The molecule has 0 saturated carbocycles.